The highest BCUT2D eigenvalue weighted by molar-refractivity contribution is 7.89. The van der Waals surface area contributed by atoms with Crippen molar-refractivity contribution < 1.29 is 8.42 Å². The zero-order valence-electron chi connectivity index (χ0n) is 13.4. The second-order valence-corrected chi connectivity index (χ2v) is 8.40. The third-order valence-electron chi connectivity index (χ3n) is 3.53. The van der Waals surface area contributed by atoms with Crippen molar-refractivity contribution in [3.05, 3.63) is 62.7 Å². The first-order valence-electron chi connectivity index (χ1n) is 7.04. The fourth-order valence-electron chi connectivity index (χ4n) is 2.26. The number of sulfonamides is 1. The number of nitrogens with zero attached hydrogens (tertiary/aromatic N) is 2. The summed E-state index contributed by atoms with van der Waals surface area (Å²) in [6.45, 7) is 0. The number of para-hydroxylation sites is 1. The van der Waals surface area contributed by atoms with E-state index >= 15 is 0 Å². The van der Waals surface area contributed by atoms with E-state index in [0.29, 0.717) is 16.3 Å². The minimum atomic E-state index is -3.90. The number of thiazole rings is 1. The molecule has 0 amide bonds. The van der Waals surface area contributed by atoms with Crippen LogP contribution in [0.3, 0.4) is 0 Å². The van der Waals surface area contributed by atoms with Crippen LogP contribution in [0.1, 0.15) is 0 Å². The molecule has 0 unspecified atom stereocenters. The molecule has 5 nitrogen and oxygen atoms in total. The average molecular weight is 451 g/mol. The van der Waals surface area contributed by atoms with E-state index in [9.17, 15) is 8.42 Å². The number of benzene rings is 2. The predicted molar refractivity (Wildman–Crippen MR) is 109 cm³/mol. The molecule has 10 heteroatoms. The Morgan fingerprint density at radius 2 is 1.81 bits per heavy atom. The van der Waals surface area contributed by atoms with Crippen molar-refractivity contribution in [1.29, 1.82) is 0 Å². The molecule has 0 atom stereocenters. The van der Waals surface area contributed by atoms with Crippen LogP contribution in [-0.2, 0) is 17.1 Å². The van der Waals surface area contributed by atoms with E-state index in [4.69, 9.17) is 28.3 Å². The molecule has 0 bridgehead atoms. The molecule has 1 heterocycles. The van der Waals surface area contributed by atoms with Gasteiger partial charge in [0.2, 0.25) is 10.0 Å². The van der Waals surface area contributed by atoms with Gasteiger partial charge in [-0.15, -0.1) is 23.7 Å². The number of primary sulfonamides is 1. The Bertz CT molecular complexity index is 1120. The molecule has 26 heavy (non-hydrogen) atoms. The number of aromatic nitrogens is 1. The molecule has 3 rings (SSSR count). The molecule has 2 aromatic carbocycles. The van der Waals surface area contributed by atoms with Crippen molar-refractivity contribution in [3.8, 4) is 11.3 Å². The third-order valence-corrected chi connectivity index (χ3v) is 6.16. The lowest BCUT2D eigenvalue weighted by Crippen LogP contribution is -2.13. The highest BCUT2D eigenvalue weighted by Gasteiger charge is 2.15. The van der Waals surface area contributed by atoms with Crippen molar-refractivity contribution in [1.82, 2.24) is 4.57 Å². The number of nitrogens with two attached hydrogens (primary N) is 1. The highest BCUT2D eigenvalue weighted by atomic mass is 35.5. The Labute approximate surface area is 171 Å². The zero-order chi connectivity index (χ0) is 18.2. The molecule has 1 aromatic heterocycles. The summed E-state index contributed by atoms with van der Waals surface area (Å²) in [5, 5.41) is 7.74. The van der Waals surface area contributed by atoms with Gasteiger partial charge < -0.3 is 4.57 Å². The topological polar surface area (TPSA) is 77.5 Å². The molecule has 0 aliphatic heterocycles. The molecular weight excluding hydrogens is 437 g/mol. The lowest BCUT2D eigenvalue weighted by atomic mass is 10.2. The average Bonchev–Trinajstić information content (AvgIpc) is 2.90. The van der Waals surface area contributed by atoms with Crippen LogP contribution >= 0.6 is 46.9 Å². The van der Waals surface area contributed by atoms with Gasteiger partial charge in [-0.3, -0.25) is 0 Å². The molecule has 0 spiro atoms. The van der Waals surface area contributed by atoms with Crippen LogP contribution in [0, 0.1) is 0 Å². The summed E-state index contributed by atoms with van der Waals surface area (Å²) in [5.41, 5.74) is 2.12. The fraction of sp³-hybridized carbons (Fsp3) is 0.0625. The first-order valence-corrected chi connectivity index (χ1v) is 10.2. The molecule has 2 N–H and O–H groups in total. The van der Waals surface area contributed by atoms with Gasteiger partial charge in [-0.2, -0.15) is 0 Å². The molecule has 0 saturated heterocycles. The molecule has 138 valence electrons. The Kier molecular flexibility index (Phi) is 6.55. The predicted octanol–water partition coefficient (Wildman–Crippen LogP) is 4.36. The second-order valence-electron chi connectivity index (χ2n) is 5.22. The van der Waals surface area contributed by atoms with E-state index < -0.39 is 10.0 Å². The number of hydrogen-bond donors (Lipinski definition) is 1. The molecule has 3 aromatic rings. The quantitative estimate of drug-likeness (QED) is 0.643. The first-order chi connectivity index (χ1) is 11.8. The van der Waals surface area contributed by atoms with Crippen LogP contribution in [0.4, 0.5) is 5.69 Å². The van der Waals surface area contributed by atoms with Gasteiger partial charge in [0, 0.05) is 18.0 Å². The minimum Gasteiger partial charge on any atom is -0.320 e. The van der Waals surface area contributed by atoms with Gasteiger partial charge in [-0.25, -0.2) is 18.5 Å². The van der Waals surface area contributed by atoms with Crippen molar-refractivity contribution in [2.75, 3.05) is 0 Å². The maximum atomic E-state index is 11.7. The first kappa shape index (κ1) is 21.0. The van der Waals surface area contributed by atoms with Gasteiger partial charge in [-0.05, 0) is 24.3 Å². The summed E-state index contributed by atoms with van der Waals surface area (Å²) in [5.74, 6) is 0. The van der Waals surface area contributed by atoms with Crippen molar-refractivity contribution in [3.63, 3.8) is 0 Å². The van der Waals surface area contributed by atoms with E-state index in [1.807, 2.05) is 35.2 Å². The van der Waals surface area contributed by atoms with Crippen LogP contribution in [-0.4, -0.2) is 13.0 Å². The number of hydrogen-bond acceptors (Lipinski definition) is 4. The van der Waals surface area contributed by atoms with Gasteiger partial charge >= 0.3 is 0 Å². The van der Waals surface area contributed by atoms with Crippen LogP contribution in [0.5, 0.6) is 0 Å². The summed E-state index contributed by atoms with van der Waals surface area (Å²) in [6.07, 6.45) is 0. The normalized spacial score (nSPS) is 12.1. The Hall–Kier alpha value is -1.35. The monoisotopic (exact) mass is 449 g/mol. The Morgan fingerprint density at radius 1 is 1.12 bits per heavy atom. The Morgan fingerprint density at radius 3 is 2.46 bits per heavy atom. The van der Waals surface area contributed by atoms with Gasteiger partial charge in [0.25, 0.3) is 0 Å². The van der Waals surface area contributed by atoms with E-state index in [0.717, 1.165) is 10.5 Å². The summed E-state index contributed by atoms with van der Waals surface area (Å²) in [7, 11) is -2.06. The van der Waals surface area contributed by atoms with Crippen molar-refractivity contribution >= 4 is 62.7 Å². The maximum Gasteiger partial charge on any atom is 0.239 e. The Balaban J connectivity index is 0.00000243. The largest absolute Gasteiger partial charge is 0.320 e. The molecule has 0 radical (unpaired) electrons. The van der Waals surface area contributed by atoms with Gasteiger partial charge in [0.05, 0.1) is 21.4 Å². The van der Waals surface area contributed by atoms with E-state index in [2.05, 4.69) is 4.99 Å². The fourth-order valence-corrected chi connectivity index (χ4v) is 4.43. The lowest BCUT2D eigenvalue weighted by molar-refractivity contribution is 0.598. The van der Waals surface area contributed by atoms with Gasteiger partial charge in [0.1, 0.15) is 4.90 Å². The minimum absolute atomic E-state index is 0. The molecule has 0 aliphatic carbocycles. The van der Waals surface area contributed by atoms with Crippen LogP contribution in [0.15, 0.2) is 57.7 Å². The van der Waals surface area contributed by atoms with Crippen LogP contribution < -0.4 is 9.94 Å². The zero-order valence-corrected chi connectivity index (χ0v) is 17.3. The van der Waals surface area contributed by atoms with Gasteiger partial charge in [-0.1, -0.05) is 41.4 Å². The summed E-state index contributed by atoms with van der Waals surface area (Å²) >= 11 is 13.5. The summed E-state index contributed by atoms with van der Waals surface area (Å²) in [4.78, 5) is 5.16. The second kappa shape index (κ2) is 8.12. The molecular formula is C16H14Cl3N3O2S2. The smallest absolute Gasteiger partial charge is 0.239 e. The van der Waals surface area contributed by atoms with Crippen molar-refractivity contribution in [2.45, 2.75) is 4.90 Å². The van der Waals surface area contributed by atoms with Crippen molar-refractivity contribution in [2.24, 2.45) is 17.2 Å². The summed E-state index contributed by atoms with van der Waals surface area (Å²) in [6, 6.07) is 12.0. The van der Waals surface area contributed by atoms with Crippen LogP contribution in [0.2, 0.25) is 10.0 Å². The SMILES string of the molecule is Cl.Cn1c(-c2ccc(Cl)c(S(N)(=O)=O)c2)csc1=Nc1ccccc1Cl. The number of rotatable bonds is 3. The molecule has 0 fully saturated rings. The molecule has 0 aliphatic rings. The number of halogens is 3. The van der Waals surface area contributed by atoms with Crippen LogP contribution in [0.25, 0.3) is 11.3 Å². The molecule has 0 saturated carbocycles. The van der Waals surface area contributed by atoms with E-state index in [1.165, 1.54) is 23.5 Å². The third kappa shape index (κ3) is 4.31. The summed E-state index contributed by atoms with van der Waals surface area (Å²) < 4.78 is 25.2. The van der Waals surface area contributed by atoms with Gasteiger partial charge in [0.15, 0.2) is 4.80 Å². The van der Waals surface area contributed by atoms with E-state index in [-0.39, 0.29) is 22.3 Å². The highest BCUT2D eigenvalue weighted by Crippen LogP contribution is 2.28. The maximum absolute atomic E-state index is 11.7. The standard InChI is InChI=1S/C16H13Cl2N3O2S2.ClH/c1-21-14(10-6-7-12(18)15(8-10)25(19,22)23)9-24-16(21)20-13-5-3-2-4-11(13)17;/h2-9H,1H3,(H2,19,22,23);1H. The lowest BCUT2D eigenvalue weighted by Gasteiger charge is -2.07. The van der Waals surface area contributed by atoms with E-state index in [1.54, 1.807) is 12.1 Å².